The fourth-order valence-corrected chi connectivity index (χ4v) is 2.82. The van der Waals surface area contributed by atoms with Crippen LogP contribution >= 0.6 is 0 Å². The van der Waals surface area contributed by atoms with Gasteiger partial charge in [0.1, 0.15) is 11.4 Å². The quantitative estimate of drug-likeness (QED) is 0.621. The van der Waals surface area contributed by atoms with Gasteiger partial charge in [0.25, 0.3) is 0 Å². The molecule has 0 radical (unpaired) electrons. The fourth-order valence-electron chi connectivity index (χ4n) is 2.82. The summed E-state index contributed by atoms with van der Waals surface area (Å²) < 4.78 is 12.8. The lowest BCUT2D eigenvalue weighted by molar-refractivity contribution is 0.281. The van der Waals surface area contributed by atoms with Crippen LogP contribution in [-0.4, -0.2) is 22.0 Å². The molecule has 0 saturated heterocycles. The number of hydrogen-bond acceptors (Lipinski definition) is 4. The van der Waals surface area contributed by atoms with E-state index in [1.54, 1.807) is 19.4 Å². The highest BCUT2D eigenvalue weighted by Crippen LogP contribution is 2.34. The van der Waals surface area contributed by atoms with Crippen LogP contribution in [0, 0.1) is 0 Å². The molecule has 0 aliphatic carbocycles. The number of aliphatic hydroxyl groups is 1. The number of furan rings is 1. The zero-order valence-corrected chi connectivity index (χ0v) is 13.1. The Kier molecular flexibility index (Phi) is 3.55. The number of aliphatic hydroxyl groups excluding tert-OH is 1. The first-order valence-corrected chi connectivity index (χ1v) is 7.61. The van der Waals surface area contributed by atoms with Crippen molar-refractivity contribution in [3.63, 3.8) is 0 Å². The maximum Gasteiger partial charge on any atom is 0.160 e. The van der Waals surface area contributed by atoms with Crippen LogP contribution in [0.3, 0.4) is 0 Å². The Morgan fingerprint density at radius 2 is 1.96 bits per heavy atom. The number of para-hydroxylation sites is 1. The van der Waals surface area contributed by atoms with Gasteiger partial charge >= 0.3 is 0 Å². The van der Waals surface area contributed by atoms with Gasteiger partial charge in [-0.1, -0.05) is 18.2 Å². The molecular formula is C19H16N2O3. The summed E-state index contributed by atoms with van der Waals surface area (Å²) in [5.74, 6) is 1.34. The van der Waals surface area contributed by atoms with Crippen molar-refractivity contribution in [2.45, 2.75) is 6.61 Å². The summed E-state index contributed by atoms with van der Waals surface area (Å²) in [6, 6.07) is 17.4. The van der Waals surface area contributed by atoms with E-state index >= 15 is 0 Å². The number of fused-ring (bicyclic) bond motifs is 1. The third kappa shape index (κ3) is 2.26. The molecule has 24 heavy (non-hydrogen) atoms. The van der Waals surface area contributed by atoms with Crippen molar-refractivity contribution in [3.8, 4) is 22.9 Å². The lowest BCUT2D eigenvalue weighted by Crippen LogP contribution is -1.96. The minimum atomic E-state index is -0.0956. The molecule has 4 aromatic rings. The molecule has 5 heteroatoms. The van der Waals surface area contributed by atoms with E-state index in [0.717, 1.165) is 22.3 Å². The molecule has 120 valence electrons. The summed E-state index contributed by atoms with van der Waals surface area (Å²) in [5, 5.41) is 15.2. The van der Waals surface area contributed by atoms with E-state index in [1.165, 1.54) is 0 Å². The number of aromatic nitrogens is 2. The Labute approximate surface area is 138 Å². The maximum absolute atomic E-state index is 9.53. The summed E-state index contributed by atoms with van der Waals surface area (Å²) in [7, 11) is 1.64. The largest absolute Gasteiger partial charge is 0.497 e. The van der Waals surface area contributed by atoms with Crippen molar-refractivity contribution in [3.05, 3.63) is 66.4 Å². The average Bonchev–Trinajstić information content (AvgIpc) is 3.25. The molecular weight excluding hydrogens is 304 g/mol. The van der Waals surface area contributed by atoms with Crippen molar-refractivity contribution >= 4 is 10.9 Å². The van der Waals surface area contributed by atoms with Crippen LogP contribution in [0.5, 0.6) is 5.75 Å². The van der Waals surface area contributed by atoms with Crippen LogP contribution in [0.15, 0.2) is 65.3 Å². The van der Waals surface area contributed by atoms with Gasteiger partial charge < -0.3 is 14.3 Å². The minimum absolute atomic E-state index is 0.0956. The Morgan fingerprint density at radius 1 is 1.12 bits per heavy atom. The first-order valence-electron chi connectivity index (χ1n) is 7.61. The molecule has 0 aliphatic heterocycles. The van der Waals surface area contributed by atoms with E-state index < -0.39 is 0 Å². The molecule has 0 unspecified atom stereocenters. The predicted molar refractivity (Wildman–Crippen MR) is 91.2 cm³/mol. The molecule has 0 fully saturated rings. The van der Waals surface area contributed by atoms with Crippen LogP contribution in [0.1, 0.15) is 5.56 Å². The number of nitrogens with zero attached hydrogens (tertiary/aromatic N) is 2. The van der Waals surface area contributed by atoms with Gasteiger partial charge in [-0.2, -0.15) is 5.10 Å². The van der Waals surface area contributed by atoms with Crippen LogP contribution in [0.4, 0.5) is 0 Å². The van der Waals surface area contributed by atoms with E-state index in [1.807, 2.05) is 53.2 Å². The second kappa shape index (κ2) is 5.86. The Balaban J connectivity index is 2.02. The van der Waals surface area contributed by atoms with Crippen molar-refractivity contribution in [1.29, 1.82) is 0 Å². The van der Waals surface area contributed by atoms with E-state index in [-0.39, 0.29) is 6.61 Å². The van der Waals surface area contributed by atoms with E-state index in [0.29, 0.717) is 17.0 Å². The maximum atomic E-state index is 9.53. The van der Waals surface area contributed by atoms with E-state index in [9.17, 15) is 5.11 Å². The first-order chi connectivity index (χ1) is 11.8. The number of rotatable bonds is 4. The van der Waals surface area contributed by atoms with Crippen molar-refractivity contribution < 1.29 is 14.3 Å². The van der Waals surface area contributed by atoms with E-state index in [2.05, 4.69) is 0 Å². The molecule has 5 nitrogen and oxygen atoms in total. The van der Waals surface area contributed by atoms with Crippen molar-refractivity contribution in [2.24, 2.45) is 0 Å². The molecule has 0 bridgehead atoms. The summed E-state index contributed by atoms with van der Waals surface area (Å²) in [6.45, 7) is -0.0956. The molecule has 2 heterocycles. The Bertz CT molecular complexity index is 986. The lowest BCUT2D eigenvalue weighted by Gasteiger charge is -2.04. The van der Waals surface area contributed by atoms with Crippen molar-refractivity contribution in [1.82, 2.24) is 9.78 Å². The fraction of sp³-hybridized carbons (Fsp3) is 0.105. The van der Waals surface area contributed by atoms with Gasteiger partial charge in [0, 0.05) is 17.0 Å². The summed E-state index contributed by atoms with van der Waals surface area (Å²) in [4.78, 5) is 0. The van der Waals surface area contributed by atoms with Crippen LogP contribution in [0.25, 0.3) is 28.0 Å². The molecule has 1 N–H and O–H groups in total. The van der Waals surface area contributed by atoms with E-state index in [4.69, 9.17) is 14.3 Å². The number of hydrogen-bond donors (Lipinski definition) is 1. The van der Waals surface area contributed by atoms with Gasteiger partial charge in [-0.05, 0) is 30.3 Å². The van der Waals surface area contributed by atoms with Crippen LogP contribution < -0.4 is 4.74 Å². The van der Waals surface area contributed by atoms with Crippen LogP contribution in [-0.2, 0) is 6.61 Å². The molecule has 0 atom stereocenters. The molecule has 4 rings (SSSR count). The van der Waals surface area contributed by atoms with Crippen LogP contribution in [0.2, 0.25) is 0 Å². The highest BCUT2D eigenvalue weighted by molar-refractivity contribution is 5.94. The third-order valence-corrected chi connectivity index (χ3v) is 4.02. The van der Waals surface area contributed by atoms with Gasteiger partial charge in [-0.15, -0.1) is 0 Å². The number of benzene rings is 2. The SMILES string of the molecule is COc1ccc2c(-c3occc3CO)nn(-c3ccccc3)c2c1. The van der Waals surface area contributed by atoms with Gasteiger partial charge in [-0.3, -0.25) is 0 Å². The standard InChI is InChI=1S/C19H16N2O3/c1-23-15-7-8-16-17(11-15)21(14-5-3-2-4-6-14)20-18(16)19-13(12-22)9-10-24-19/h2-11,22H,12H2,1H3. The normalized spacial score (nSPS) is 11.1. The van der Waals surface area contributed by atoms with Gasteiger partial charge in [-0.25, -0.2) is 4.68 Å². The summed E-state index contributed by atoms with van der Waals surface area (Å²) in [5.41, 5.74) is 3.27. The topological polar surface area (TPSA) is 60.4 Å². The number of ether oxygens (including phenoxy) is 1. The Hall–Kier alpha value is -3.05. The average molecular weight is 320 g/mol. The second-order valence-corrected chi connectivity index (χ2v) is 5.41. The molecule has 2 aromatic heterocycles. The lowest BCUT2D eigenvalue weighted by atomic mass is 10.1. The monoisotopic (exact) mass is 320 g/mol. The minimum Gasteiger partial charge on any atom is -0.497 e. The highest BCUT2D eigenvalue weighted by atomic mass is 16.5. The molecule has 0 spiro atoms. The zero-order chi connectivity index (χ0) is 16.5. The zero-order valence-electron chi connectivity index (χ0n) is 13.1. The predicted octanol–water partition coefficient (Wildman–Crippen LogP) is 3.79. The van der Waals surface area contributed by atoms with Gasteiger partial charge in [0.2, 0.25) is 0 Å². The molecule has 0 aliphatic rings. The Morgan fingerprint density at radius 3 is 2.71 bits per heavy atom. The molecule has 0 saturated carbocycles. The smallest absolute Gasteiger partial charge is 0.160 e. The van der Waals surface area contributed by atoms with Crippen molar-refractivity contribution in [2.75, 3.05) is 7.11 Å². The highest BCUT2D eigenvalue weighted by Gasteiger charge is 2.19. The second-order valence-electron chi connectivity index (χ2n) is 5.41. The summed E-state index contributed by atoms with van der Waals surface area (Å²) >= 11 is 0. The summed E-state index contributed by atoms with van der Waals surface area (Å²) in [6.07, 6.45) is 1.57. The third-order valence-electron chi connectivity index (χ3n) is 4.02. The van der Waals surface area contributed by atoms with Gasteiger partial charge in [0.05, 0.1) is 31.2 Å². The molecule has 2 aromatic carbocycles. The molecule has 0 amide bonds. The first kappa shape index (κ1) is 14.5. The van der Waals surface area contributed by atoms with Gasteiger partial charge in [0.15, 0.2) is 5.76 Å². The number of methoxy groups -OCH3 is 1.